The first kappa shape index (κ1) is 22.7. The molecule has 2 aromatic carbocycles. The standard InChI is InChI=1S/C22H20F2N2O6/c1-2-30-20(28)17-16(25-22(29)26-18(17)13-7-4-3-5-8-13)12-31-19(27)14-9-6-10-15(11-14)32-21(23)24/h3-11,18,21H,2,12H2,1H3,(H2,25,26,29)/t18-/m0/s1. The van der Waals surface area contributed by atoms with E-state index in [0.29, 0.717) is 5.56 Å². The van der Waals surface area contributed by atoms with Crippen molar-refractivity contribution in [2.75, 3.05) is 13.2 Å². The molecular formula is C22H20F2N2O6. The molecule has 8 nitrogen and oxygen atoms in total. The highest BCUT2D eigenvalue weighted by Crippen LogP contribution is 2.28. The molecule has 0 aliphatic carbocycles. The van der Waals surface area contributed by atoms with Crippen LogP contribution in [0.5, 0.6) is 5.75 Å². The Morgan fingerprint density at radius 2 is 1.78 bits per heavy atom. The largest absolute Gasteiger partial charge is 0.463 e. The van der Waals surface area contributed by atoms with E-state index >= 15 is 0 Å². The van der Waals surface area contributed by atoms with Gasteiger partial charge in [0.1, 0.15) is 12.4 Å². The normalized spacial score (nSPS) is 15.6. The van der Waals surface area contributed by atoms with E-state index in [2.05, 4.69) is 15.4 Å². The third-order valence-electron chi connectivity index (χ3n) is 4.42. The van der Waals surface area contributed by atoms with Crippen LogP contribution >= 0.6 is 0 Å². The number of nitrogens with one attached hydrogen (secondary N) is 2. The molecule has 0 saturated heterocycles. The number of rotatable bonds is 8. The molecule has 2 aromatic rings. The fraction of sp³-hybridized carbons (Fsp3) is 0.227. The summed E-state index contributed by atoms with van der Waals surface area (Å²) in [6, 6.07) is 12.4. The molecule has 0 saturated carbocycles. The van der Waals surface area contributed by atoms with Gasteiger partial charge in [-0.15, -0.1) is 0 Å². The summed E-state index contributed by atoms with van der Waals surface area (Å²) in [6.07, 6.45) is 0. The highest BCUT2D eigenvalue weighted by atomic mass is 19.3. The van der Waals surface area contributed by atoms with Crippen LogP contribution in [-0.4, -0.2) is 37.8 Å². The first-order valence-electron chi connectivity index (χ1n) is 9.63. The molecule has 1 aliphatic heterocycles. The van der Waals surface area contributed by atoms with Crippen molar-refractivity contribution >= 4 is 18.0 Å². The van der Waals surface area contributed by atoms with Crippen LogP contribution in [0.2, 0.25) is 0 Å². The molecule has 2 amide bonds. The summed E-state index contributed by atoms with van der Waals surface area (Å²) < 4.78 is 39.4. The number of hydrogen-bond acceptors (Lipinski definition) is 6. The highest BCUT2D eigenvalue weighted by Gasteiger charge is 2.34. The molecule has 1 atom stereocenters. The van der Waals surface area contributed by atoms with Gasteiger partial charge in [-0.2, -0.15) is 8.78 Å². The number of amides is 2. The summed E-state index contributed by atoms with van der Waals surface area (Å²) in [5.41, 5.74) is 0.724. The number of esters is 2. The first-order valence-corrected chi connectivity index (χ1v) is 9.63. The number of benzene rings is 2. The van der Waals surface area contributed by atoms with Gasteiger partial charge in [-0.25, -0.2) is 14.4 Å². The van der Waals surface area contributed by atoms with Gasteiger partial charge in [-0.3, -0.25) is 0 Å². The summed E-state index contributed by atoms with van der Waals surface area (Å²) in [5.74, 6) is -1.75. The van der Waals surface area contributed by atoms with E-state index in [1.54, 1.807) is 37.3 Å². The maximum atomic E-state index is 12.7. The summed E-state index contributed by atoms with van der Waals surface area (Å²) in [5, 5.41) is 5.14. The van der Waals surface area contributed by atoms with Gasteiger partial charge in [0.05, 0.1) is 29.5 Å². The lowest BCUT2D eigenvalue weighted by atomic mass is 9.95. The molecule has 32 heavy (non-hydrogen) atoms. The highest BCUT2D eigenvalue weighted by molar-refractivity contribution is 5.95. The zero-order valence-corrected chi connectivity index (χ0v) is 17.0. The lowest BCUT2D eigenvalue weighted by molar-refractivity contribution is -0.139. The zero-order chi connectivity index (χ0) is 23.1. The van der Waals surface area contributed by atoms with E-state index in [9.17, 15) is 23.2 Å². The van der Waals surface area contributed by atoms with Crippen LogP contribution in [-0.2, 0) is 14.3 Å². The fourth-order valence-electron chi connectivity index (χ4n) is 3.10. The third kappa shape index (κ3) is 5.60. The minimum Gasteiger partial charge on any atom is -0.463 e. The Morgan fingerprint density at radius 3 is 2.47 bits per heavy atom. The summed E-state index contributed by atoms with van der Waals surface area (Å²) in [4.78, 5) is 37.3. The van der Waals surface area contributed by atoms with Crippen LogP contribution in [0, 0.1) is 0 Å². The van der Waals surface area contributed by atoms with Gasteiger partial charge < -0.3 is 24.8 Å². The lowest BCUT2D eigenvalue weighted by Gasteiger charge is -2.29. The molecule has 0 spiro atoms. The average molecular weight is 446 g/mol. The number of halogens is 2. The van der Waals surface area contributed by atoms with Gasteiger partial charge in [0.15, 0.2) is 0 Å². The topological polar surface area (TPSA) is 103 Å². The smallest absolute Gasteiger partial charge is 0.387 e. The maximum Gasteiger partial charge on any atom is 0.387 e. The molecule has 3 rings (SSSR count). The van der Waals surface area contributed by atoms with E-state index in [0.717, 1.165) is 6.07 Å². The molecule has 0 unspecified atom stereocenters. The number of alkyl halides is 2. The molecule has 0 fully saturated rings. The van der Waals surface area contributed by atoms with E-state index in [-0.39, 0.29) is 29.2 Å². The Kier molecular flexibility index (Phi) is 7.37. The number of urea groups is 1. The van der Waals surface area contributed by atoms with Crippen LogP contribution < -0.4 is 15.4 Å². The van der Waals surface area contributed by atoms with Crippen molar-refractivity contribution < 1.29 is 37.4 Å². The minimum atomic E-state index is -3.04. The molecule has 0 aromatic heterocycles. The van der Waals surface area contributed by atoms with Gasteiger partial charge in [0.2, 0.25) is 0 Å². The van der Waals surface area contributed by atoms with Crippen LogP contribution in [0.15, 0.2) is 65.9 Å². The number of hydrogen-bond donors (Lipinski definition) is 2. The Morgan fingerprint density at radius 1 is 1.03 bits per heavy atom. The quantitative estimate of drug-likeness (QED) is 0.603. The predicted octanol–water partition coefficient (Wildman–Crippen LogP) is 3.32. The molecular weight excluding hydrogens is 426 g/mol. The molecule has 0 radical (unpaired) electrons. The zero-order valence-electron chi connectivity index (χ0n) is 17.0. The predicted molar refractivity (Wildman–Crippen MR) is 108 cm³/mol. The molecule has 168 valence electrons. The van der Waals surface area contributed by atoms with Crippen LogP contribution in [0.25, 0.3) is 0 Å². The molecule has 0 bridgehead atoms. The van der Waals surface area contributed by atoms with E-state index < -0.39 is 37.2 Å². The summed E-state index contributed by atoms with van der Waals surface area (Å²) in [7, 11) is 0. The molecule has 1 heterocycles. The van der Waals surface area contributed by atoms with Crippen molar-refractivity contribution in [3.05, 3.63) is 77.0 Å². The van der Waals surface area contributed by atoms with E-state index in [4.69, 9.17) is 9.47 Å². The van der Waals surface area contributed by atoms with E-state index in [1.807, 2.05) is 0 Å². The number of carbonyl (C=O) groups is 3. The summed E-state index contributed by atoms with van der Waals surface area (Å²) >= 11 is 0. The third-order valence-corrected chi connectivity index (χ3v) is 4.42. The fourth-order valence-corrected chi connectivity index (χ4v) is 3.10. The van der Waals surface area contributed by atoms with Gasteiger partial charge in [-0.05, 0) is 30.7 Å². The van der Waals surface area contributed by atoms with Crippen molar-refractivity contribution in [1.29, 1.82) is 0 Å². The SMILES string of the molecule is CCOC(=O)C1=C(COC(=O)c2cccc(OC(F)F)c2)NC(=O)N[C@H]1c1ccccc1. The molecule has 2 N–H and O–H groups in total. The van der Waals surface area contributed by atoms with Gasteiger partial charge in [0, 0.05) is 0 Å². The molecule has 10 heteroatoms. The second-order valence-electron chi connectivity index (χ2n) is 6.54. The Labute approximate surface area is 182 Å². The van der Waals surface area contributed by atoms with Crippen molar-refractivity contribution in [3.8, 4) is 5.75 Å². The Balaban J connectivity index is 1.86. The monoisotopic (exact) mass is 446 g/mol. The van der Waals surface area contributed by atoms with Crippen molar-refractivity contribution in [2.24, 2.45) is 0 Å². The average Bonchev–Trinajstić information content (AvgIpc) is 2.77. The second-order valence-corrected chi connectivity index (χ2v) is 6.54. The van der Waals surface area contributed by atoms with Gasteiger partial charge in [-0.1, -0.05) is 36.4 Å². The Bertz CT molecular complexity index is 1030. The van der Waals surface area contributed by atoms with Crippen LogP contribution in [0.3, 0.4) is 0 Å². The maximum absolute atomic E-state index is 12.7. The van der Waals surface area contributed by atoms with Gasteiger partial charge in [0.25, 0.3) is 0 Å². The number of ether oxygens (including phenoxy) is 3. The first-order chi connectivity index (χ1) is 15.4. The van der Waals surface area contributed by atoms with Crippen LogP contribution in [0.4, 0.5) is 13.6 Å². The van der Waals surface area contributed by atoms with Crippen molar-refractivity contribution in [2.45, 2.75) is 19.6 Å². The second kappa shape index (κ2) is 10.4. The lowest BCUT2D eigenvalue weighted by Crippen LogP contribution is -2.47. The molecule has 1 aliphatic rings. The minimum absolute atomic E-state index is 0.0405. The van der Waals surface area contributed by atoms with Crippen molar-refractivity contribution in [3.63, 3.8) is 0 Å². The Hall–Kier alpha value is -3.95. The van der Waals surface area contributed by atoms with Crippen LogP contribution in [0.1, 0.15) is 28.9 Å². The summed E-state index contributed by atoms with van der Waals surface area (Å²) in [6.45, 7) is -1.76. The number of carbonyl (C=O) groups excluding carboxylic acids is 3. The van der Waals surface area contributed by atoms with Crippen molar-refractivity contribution in [1.82, 2.24) is 10.6 Å². The van der Waals surface area contributed by atoms with Gasteiger partial charge >= 0.3 is 24.6 Å². The van der Waals surface area contributed by atoms with E-state index in [1.165, 1.54) is 18.2 Å².